The van der Waals surface area contributed by atoms with Crippen molar-refractivity contribution in [3.05, 3.63) is 69.7 Å². The number of hydrogen-bond acceptors (Lipinski definition) is 5. The average molecular weight is 382 g/mol. The number of nitrogens with zero attached hydrogens (tertiary/aromatic N) is 4. The van der Waals surface area contributed by atoms with E-state index in [2.05, 4.69) is 21.1 Å². The molecule has 138 valence electrons. The van der Waals surface area contributed by atoms with E-state index < -0.39 is 0 Å². The van der Waals surface area contributed by atoms with E-state index in [-0.39, 0.29) is 17.5 Å². The van der Waals surface area contributed by atoms with Crippen LogP contribution in [0.2, 0.25) is 5.02 Å². The molecule has 4 rings (SSSR count). The Kier molecular flexibility index (Phi) is 4.90. The summed E-state index contributed by atoms with van der Waals surface area (Å²) in [7, 11) is 0. The number of hydrogen-bond donors (Lipinski definition) is 1. The smallest absolute Gasteiger partial charge is 0.267 e. The lowest BCUT2D eigenvalue weighted by molar-refractivity contribution is 0.295. The van der Waals surface area contributed by atoms with Crippen molar-refractivity contribution in [3.8, 4) is 11.3 Å². The standard InChI is InChI=1S/C20H20ClN5O/c21-16-3-1-2-14(10-16)13-4-6-17(7-5-13)26-19(27)9-8-18(25-26)15-11-23-20(22)24-12-15/h1-3,8-13,17H,4-7H2,(H2,22,23,24). The Labute approximate surface area is 162 Å². The van der Waals surface area contributed by atoms with Crippen molar-refractivity contribution >= 4 is 17.5 Å². The molecule has 0 spiro atoms. The third-order valence-electron chi connectivity index (χ3n) is 5.16. The number of benzene rings is 1. The van der Waals surface area contributed by atoms with Gasteiger partial charge in [0.1, 0.15) is 0 Å². The van der Waals surface area contributed by atoms with Gasteiger partial charge in [-0.05, 0) is 55.4 Å². The molecule has 1 aliphatic rings. The minimum Gasteiger partial charge on any atom is -0.368 e. The molecule has 2 aromatic heterocycles. The first-order chi connectivity index (χ1) is 13.1. The van der Waals surface area contributed by atoms with Crippen LogP contribution >= 0.6 is 11.6 Å². The first-order valence-electron chi connectivity index (χ1n) is 9.03. The Balaban J connectivity index is 1.53. The van der Waals surface area contributed by atoms with Gasteiger partial charge in [-0.1, -0.05) is 23.7 Å². The summed E-state index contributed by atoms with van der Waals surface area (Å²) in [4.78, 5) is 20.4. The van der Waals surface area contributed by atoms with Gasteiger partial charge in [-0.15, -0.1) is 0 Å². The average Bonchev–Trinajstić information content (AvgIpc) is 2.69. The highest BCUT2D eigenvalue weighted by molar-refractivity contribution is 6.30. The van der Waals surface area contributed by atoms with Crippen LogP contribution in [0.4, 0.5) is 5.95 Å². The lowest BCUT2D eigenvalue weighted by Gasteiger charge is -2.29. The van der Waals surface area contributed by atoms with Gasteiger partial charge in [-0.3, -0.25) is 4.79 Å². The van der Waals surface area contributed by atoms with Crippen LogP contribution in [0.3, 0.4) is 0 Å². The summed E-state index contributed by atoms with van der Waals surface area (Å²) in [6, 6.07) is 11.4. The molecule has 0 bridgehead atoms. The van der Waals surface area contributed by atoms with Crippen LogP contribution in [0.5, 0.6) is 0 Å². The Morgan fingerprint density at radius 2 is 1.78 bits per heavy atom. The van der Waals surface area contributed by atoms with Gasteiger partial charge >= 0.3 is 0 Å². The van der Waals surface area contributed by atoms with Crippen LogP contribution in [-0.4, -0.2) is 19.7 Å². The monoisotopic (exact) mass is 381 g/mol. The van der Waals surface area contributed by atoms with Crippen molar-refractivity contribution < 1.29 is 0 Å². The zero-order valence-electron chi connectivity index (χ0n) is 14.8. The summed E-state index contributed by atoms with van der Waals surface area (Å²) in [5, 5.41) is 5.34. The SMILES string of the molecule is Nc1ncc(-c2ccc(=O)n(C3CCC(c4cccc(Cl)c4)CC3)n2)cn1. The Morgan fingerprint density at radius 1 is 1.04 bits per heavy atom. The van der Waals surface area contributed by atoms with Crippen LogP contribution in [0.15, 0.2) is 53.6 Å². The van der Waals surface area contributed by atoms with Gasteiger partial charge in [-0.25, -0.2) is 14.6 Å². The Bertz CT molecular complexity index is 994. The number of anilines is 1. The van der Waals surface area contributed by atoms with Crippen molar-refractivity contribution in [1.29, 1.82) is 0 Å². The largest absolute Gasteiger partial charge is 0.368 e. The summed E-state index contributed by atoms with van der Waals surface area (Å²) in [5.41, 5.74) is 8.14. The van der Waals surface area contributed by atoms with E-state index in [0.29, 0.717) is 11.6 Å². The molecule has 0 amide bonds. The highest BCUT2D eigenvalue weighted by Gasteiger charge is 2.25. The summed E-state index contributed by atoms with van der Waals surface area (Å²) in [6.07, 6.45) is 7.07. The van der Waals surface area contributed by atoms with Gasteiger partial charge in [0.2, 0.25) is 5.95 Å². The summed E-state index contributed by atoms with van der Waals surface area (Å²) in [5.74, 6) is 0.691. The summed E-state index contributed by atoms with van der Waals surface area (Å²) >= 11 is 6.12. The maximum absolute atomic E-state index is 12.4. The van der Waals surface area contributed by atoms with Gasteiger partial charge in [-0.2, -0.15) is 5.10 Å². The Morgan fingerprint density at radius 3 is 2.48 bits per heavy atom. The molecule has 1 aromatic carbocycles. The molecule has 1 fully saturated rings. The lowest BCUT2D eigenvalue weighted by Crippen LogP contribution is -2.29. The number of nitrogen functional groups attached to an aromatic ring is 1. The number of nitrogens with two attached hydrogens (primary N) is 1. The molecule has 0 unspecified atom stereocenters. The number of rotatable bonds is 3. The van der Waals surface area contributed by atoms with E-state index in [1.807, 2.05) is 18.2 Å². The maximum Gasteiger partial charge on any atom is 0.267 e. The van der Waals surface area contributed by atoms with E-state index in [4.69, 9.17) is 17.3 Å². The minimum atomic E-state index is -0.0821. The second-order valence-corrected chi connectivity index (χ2v) is 7.33. The van der Waals surface area contributed by atoms with Gasteiger partial charge < -0.3 is 5.73 Å². The van der Waals surface area contributed by atoms with E-state index in [1.54, 1.807) is 29.2 Å². The molecule has 0 atom stereocenters. The maximum atomic E-state index is 12.4. The molecule has 3 aromatic rings. The molecule has 2 heterocycles. The van der Waals surface area contributed by atoms with Gasteiger partial charge in [0.05, 0.1) is 11.7 Å². The van der Waals surface area contributed by atoms with Crippen molar-refractivity contribution in [2.45, 2.75) is 37.6 Å². The lowest BCUT2D eigenvalue weighted by atomic mass is 9.82. The van der Waals surface area contributed by atoms with Crippen LogP contribution in [0.1, 0.15) is 43.2 Å². The van der Waals surface area contributed by atoms with Crippen molar-refractivity contribution in [2.75, 3.05) is 5.73 Å². The molecule has 2 N–H and O–H groups in total. The van der Waals surface area contributed by atoms with Crippen molar-refractivity contribution in [3.63, 3.8) is 0 Å². The molecule has 0 saturated heterocycles. The topological polar surface area (TPSA) is 86.7 Å². The summed E-state index contributed by atoms with van der Waals surface area (Å²) in [6.45, 7) is 0. The molecular formula is C20H20ClN5O. The third-order valence-corrected chi connectivity index (χ3v) is 5.39. The van der Waals surface area contributed by atoms with Crippen LogP contribution in [-0.2, 0) is 0 Å². The zero-order chi connectivity index (χ0) is 18.8. The fraction of sp³-hybridized carbons (Fsp3) is 0.300. The van der Waals surface area contributed by atoms with Crippen LogP contribution in [0, 0.1) is 0 Å². The molecule has 6 nitrogen and oxygen atoms in total. The normalized spacial score (nSPS) is 19.7. The molecule has 27 heavy (non-hydrogen) atoms. The molecule has 1 saturated carbocycles. The second kappa shape index (κ2) is 7.48. The van der Waals surface area contributed by atoms with E-state index in [1.165, 1.54) is 5.56 Å². The van der Waals surface area contributed by atoms with E-state index in [0.717, 1.165) is 36.3 Å². The number of aromatic nitrogens is 4. The second-order valence-electron chi connectivity index (χ2n) is 6.89. The van der Waals surface area contributed by atoms with Gasteiger partial charge in [0.25, 0.3) is 5.56 Å². The first kappa shape index (κ1) is 17.7. The Hall–Kier alpha value is -2.73. The molecule has 7 heteroatoms. The van der Waals surface area contributed by atoms with Crippen LogP contribution in [0.25, 0.3) is 11.3 Å². The van der Waals surface area contributed by atoms with E-state index in [9.17, 15) is 4.79 Å². The fourth-order valence-electron chi connectivity index (χ4n) is 3.73. The highest BCUT2D eigenvalue weighted by atomic mass is 35.5. The third kappa shape index (κ3) is 3.85. The zero-order valence-corrected chi connectivity index (χ0v) is 15.5. The molecular weight excluding hydrogens is 362 g/mol. The predicted octanol–water partition coefficient (Wildman–Crippen LogP) is 3.83. The van der Waals surface area contributed by atoms with Crippen molar-refractivity contribution in [1.82, 2.24) is 19.7 Å². The minimum absolute atomic E-state index is 0.0821. The van der Waals surface area contributed by atoms with Gasteiger partial charge in [0.15, 0.2) is 0 Å². The fourth-order valence-corrected chi connectivity index (χ4v) is 3.92. The first-order valence-corrected chi connectivity index (χ1v) is 9.41. The summed E-state index contributed by atoms with van der Waals surface area (Å²) < 4.78 is 1.61. The molecule has 1 aliphatic carbocycles. The van der Waals surface area contributed by atoms with Crippen LogP contribution < -0.4 is 11.3 Å². The predicted molar refractivity (Wildman–Crippen MR) is 106 cm³/mol. The van der Waals surface area contributed by atoms with Crippen molar-refractivity contribution in [2.24, 2.45) is 0 Å². The van der Waals surface area contributed by atoms with Gasteiger partial charge in [0, 0.05) is 29.0 Å². The molecule has 0 radical (unpaired) electrons. The quantitative estimate of drug-likeness (QED) is 0.744. The number of halogens is 1. The molecule has 0 aliphatic heterocycles. The van der Waals surface area contributed by atoms with E-state index >= 15 is 0 Å². The highest BCUT2D eigenvalue weighted by Crippen LogP contribution is 2.38.